The van der Waals surface area contributed by atoms with Gasteiger partial charge in [0.1, 0.15) is 5.75 Å². The van der Waals surface area contributed by atoms with Crippen molar-refractivity contribution in [1.29, 1.82) is 0 Å². The number of ether oxygens (including phenoxy) is 2. The van der Waals surface area contributed by atoms with E-state index in [2.05, 4.69) is 24.1 Å². The zero-order chi connectivity index (χ0) is 13.9. The predicted octanol–water partition coefficient (Wildman–Crippen LogP) is 2.95. The van der Waals surface area contributed by atoms with Gasteiger partial charge in [0.05, 0.1) is 18.5 Å². The van der Waals surface area contributed by atoms with Crippen molar-refractivity contribution in [2.24, 2.45) is 0 Å². The first-order valence-electron chi connectivity index (χ1n) is 7.12. The van der Waals surface area contributed by atoms with Gasteiger partial charge < -0.3 is 14.8 Å². The molecule has 0 fully saturated rings. The molecule has 0 aliphatic heterocycles. The molecular formula is C15H26N2O2. The summed E-state index contributed by atoms with van der Waals surface area (Å²) < 4.78 is 10.6. The molecule has 1 aromatic rings. The average molecular weight is 266 g/mol. The molecule has 19 heavy (non-hydrogen) atoms. The van der Waals surface area contributed by atoms with E-state index in [1.807, 2.05) is 12.1 Å². The zero-order valence-electron chi connectivity index (χ0n) is 12.3. The normalized spacial score (nSPS) is 12.4. The molecule has 0 radical (unpaired) electrons. The van der Waals surface area contributed by atoms with Gasteiger partial charge in [-0.05, 0) is 31.5 Å². The maximum absolute atomic E-state index is 5.59. The molecule has 1 atom stereocenters. The third kappa shape index (κ3) is 6.03. The van der Waals surface area contributed by atoms with Gasteiger partial charge in [-0.15, -0.1) is 0 Å². The molecule has 4 nitrogen and oxygen atoms in total. The molecule has 1 heterocycles. The molecule has 0 amide bonds. The summed E-state index contributed by atoms with van der Waals surface area (Å²) in [5.41, 5.74) is 1.08. The molecule has 4 heteroatoms. The third-order valence-corrected chi connectivity index (χ3v) is 2.93. The summed E-state index contributed by atoms with van der Waals surface area (Å²) in [5.74, 6) is 0.824. The van der Waals surface area contributed by atoms with Crippen LogP contribution in [0.15, 0.2) is 18.3 Å². The number of pyridine rings is 1. The fourth-order valence-corrected chi connectivity index (χ4v) is 1.85. The SMILES string of the molecule is CCCNC(CC)c1ccc(OCCCOC)cn1. The molecule has 0 aliphatic carbocycles. The minimum atomic E-state index is 0.336. The van der Waals surface area contributed by atoms with Crippen molar-refractivity contribution < 1.29 is 9.47 Å². The van der Waals surface area contributed by atoms with Gasteiger partial charge in [-0.3, -0.25) is 4.98 Å². The van der Waals surface area contributed by atoms with E-state index in [0.717, 1.165) is 43.9 Å². The van der Waals surface area contributed by atoms with Crippen LogP contribution < -0.4 is 10.1 Å². The fraction of sp³-hybridized carbons (Fsp3) is 0.667. The van der Waals surface area contributed by atoms with Crippen molar-refractivity contribution >= 4 is 0 Å². The topological polar surface area (TPSA) is 43.4 Å². The Balaban J connectivity index is 2.45. The third-order valence-electron chi connectivity index (χ3n) is 2.93. The Morgan fingerprint density at radius 3 is 2.68 bits per heavy atom. The second-order valence-corrected chi connectivity index (χ2v) is 4.53. The number of nitrogens with zero attached hydrogens (tertiary/aromatic N) is 1. The van der Waals surface area contributed by atoms with Gasteiger partial charge in [-0.1, -0.05) is 13.8 Å². The Hall–Kier alpha value is -1.13. The predicted molar refractivity (Wildman–Crippen MR) is 77.6 cm³/mol. The van der Waals surface area contributed by atoms with E-state index in [0.29, 0.717) is 12.6 Å². The summed E-state index contributed by atoms with van der Waals surface area (Å²) in [6, 6.07) is 4.37. The Morgan fingerprint density at radius 2 is 2.11 bits per heavy atom. The van der Waals surface area contributed by atoms with Crippen molar-refractivity contribution in [3.05, 3.63) is 24.0 Å². The standard InChI is InChI=1S/C15H26N2O2/c1-4-9-16-14(5-2)15-8-7-13(12-17-15)19-11-6-10-18-3/h7-8,12,14,16H,4-6,9-11H2,1-3H3. The number of rotatable bonds is 10. The fourth-order valence-electron chi connectivity index (χ4n) is 1.85. The summed E-state index contributed by atoms with van der Waals surface area (Å²) in [6.07, 6.45) is 4.88. The lowest BCUT2D eigenvalue weighted by Gasteiger charge is -2.16. The van der Waals surface area contributed by atoms with E-state index in [9.17, 15) is 0 Å². The van der Waals surface area contributed by atoms with E-state index >= 15 is 0 Å². The van der Waals surface area contributed by atoms with Crippen molar-refractivity contribution in [3.63, 3.8) is 0 Å². The quantitative estimate of drug-likeness (QED) is 0.661. The van der Waals surface area contributed by atoms with Crippen LogP contribution in [0.25, 0.3) is 0 Å². The molecular weight excluding hydrogens is 240 g/mol. The van der Waals surface area contributed by atoms with Crippen molar-refractivity contribution in [2.75, 3.05) is 26.9 Å². The van der Waals surface area contributed by atoms with Gasteiger partial charge >= 0.3 is 0 Å². The first-order valence-corrected chi connectivity index (χ1v) is 7.12. The van der Waals surface area contributed by atoms with E-state index < -0.39 is 0 Å². The van der Waals surface area contributed by atoms with Crippen LogP contribution in [0.5, 0.6) is 5.75 Å². The molecule has 0 saturated carbocycles. The Labute approximate surface area is 116 Å². The van der Waals surface area contributed by atoms with Gasteiger partial charge in [-0.2, -0.15) is 0 Å². The second kappa shape index (κ2) is 9.75. The van der Waals surface area contributed by atoms with Gasteiger partial charge in [-0.25, -0.2) is 0 Å². The number of nitrogens with one attached hydrogen (secondary N) is 1. The monoisotopic (exact) mass is 266 g/mol. The summed E-state index contributed by atoms with van der Waals surface area (Å²) in [6.45, 7) is 6.76. The first kappa shape index (κ1) is 15.9. The van der Waals surface area contributed by atoms with Gasteiger partial charge in [0.2, 0.25) is 0 Å². The van der Waals surface area contributed by atoms with Crippen LogP contribution in [0, 0.1) is 0 Å². The molecule has 0 bridgehead atoms. The van der Waals surface area contributed by atoms with Crippen LogP contribution in [-0.2, 0) is 4.74 Å². The highest BCUT2D eigenvalue weighted by molar-refractivity contribution is 5.21. The number of methoxy groups -OCH3 is 1. The molecule has 0 aromatic carbocycles. The summed E-state index contributed by atoms with van der Waals surface area (Å²) in [7, 11) is 1.70. The van der Waals surface area contributed by atoms with Crippen LogP contribution in [0.2, 0.25) is 0 Å². The molecule has 1 rings (SSSR count). The maximum Gasteiger partial charge on any atom is 0.137 e. The lowest BCUT2D eigenvalue weighted by atomic mass is 10.1. The average Bonchev–Trinajstić information content (AvgIpc) is 2.46. The summed E-state index contributed by atoms with van der Waals surface area (Å²) >= 11 is 0. The van der Waals surface area contributed by atoms with E-state index in [-0.39, 0.29) is 0 Å². The molecule has 1 unspecified atom stereocenters. The van der Waals surface area contributed by atoms with Crippen LogP contribution in [0.4, 0.5) is 0 Å². The minimum absolute atomic E-state index is 0.336. The lowest BCUT2D eigenvalue weighted by molar-refractivity contribution is 0.172. The Bertz CT molecular complexity index is 327. The number of aromatic nitrogens is 1. The summed E-state index contributed by atoms with van der Waals surface area (Å²) in [4.78, 5) is 4.48. The van der Waals surface area contributed by atoms with Crippen molar-refractivity contribution in [1.82, 2.24) is 10.3 Å². The lowest BCUT2D eigenvalue weighted by Crippen LogP contribution is -2.22. The molecule has 1 aromatic heterocycles. The highest BCUT2D eigenvalue weighted by Gasteiger charge is 2.09. The van der Waals surface area contributed by atoms with Gasteiger partial charge in [0, 0.05) is 26.2 Å². The van der Waals surface area contributed by atoms with E-state index in [1.54, 1.807) is 13.3 Å². The molecule has 0 aliphatic rings. The highest BCUT2D eigenvalue weighted by atomic mass is 16.5. The molecule has 1 N–H and O–H groups in total. The molecule has 0 saturated heterocycles. The highest BCUT2D eigenvalue weighted by Crippen LogP contribution is 2.17. The molecule has 108 valence electrons. The summed E-state index contributed by atoms with van der Waals surface area (Å²) in [5, 5.41) is 3.49. The first-order chi connectivity index (χ1) is 9.31. The van der Waals surface area contributed by atoms with Gasteiger partial charge in [0.15, 0.2) is 0 Å². The van der Waals surface area contributed by atoms with Crippen LogP contribution >= 0.6 is 0 Å². The van der Waals surface area contributed by atoms with Crippen LogP contribution in [-0.4, -0.2) is 31.9 Å². The maximum atomic E-state index is 5.59. The van der Waals surface area contributed by atoms with Crippen molar-refractivity contribution in [2.45, 2.75) is 39.2 Å². The zero-order valence-corrected chi connectivity index (χ0v) is 12.3. The van der Waals surface area contributed by atoms with Crippen molar-refractivity contribution in [3.8, 4) is 5.75 Å². The number of hydrogen-bond donors (Lipinski definition) is 1. The van der Waals surface area contributed by atoms with E-state index in [1.165, 1.54) is 0 Å². The smallest absolute Gasteiger partial charge is 0.137 e. The van der Waals surface area contributed by atoms with Crippen LogP contribution in [0.1, 0.15) is 44.8 Å². The second-order valence-electron chi connectivity index (χ2n) is 4.53. The number of hydrogen-bond acceptors (Lipinski definition) is 4. The molecule has 0 spiro atoms. The largest absolute Gasteiger partial charge is 0.492 e. The Morgan fingerprint density at radius 1 is 1.26 bits per heavy atom. The van der Waals surface area contributed by atoms with Gasteiger partial charge in [0.25, 0.3) is 0 Å². The van der Waals surface area contributed by atoms with E-state index in [4.69, 9.17) is 9.47 Å². The minimum Gasteiger partial charge on any atom is -0.492 e. The van der Waals surface area contributed by atoms with Crippen LogP contribution in [0.3, 0.4) is 0 Å². The Kier molecular flexibility index (Phi) is 8.18.